The standard InChI is InChI=1S/C16H15ClN2O4/c1-10-3-5-13(15(20)7-10)16(21)18(2)9-11-8-12(19(22)23)4-6-14(11)17/h3-8,20H,9H2,1-2H3. The van der Waals surface area contributed by atoms with E-state index in [2.05, 4.69) is 0 Å². The third-order valence-corrected chi connectivity index (χ3v) is 3.75. The molecule has 0 spiro atoms. The Morgan fingerprint density at radius 2 is 2.00 bits per heavy atom. The summed E-state index contributed by atoms with van der Waals surface area (Å²) in [5.74, 6) is -0.503. The maximum atomic E-state index is 12.4. The first-order valence-corrected chi connectivity index (χ1v) is 7.15. The molecule has 0 unspecified atom stereocenters. The van der Waals surface area contributed by atoms with Crippen LogP contribution in [0, 0.1) is 17.0 Å². The second-order valence-corrected chi connectivity index (χ2v) is 5.62. The first-order valence-electron chi connectivity index (χ1n) is 6.77. The number of hydrogen-bond donors (Lipinski definition) is 1. The van der Waals surface area contributed by atoms with Crippen LogP contribution in [0.4, 0.5) is 5.69 Å². The van der Waals surface area contributed by atoms with Crippen LogP contribution in [0.25, 0.3) is 0 Å². The molecule has 0 aliphatic heterocycles. The quantitative estimate of drug-likeness (QED) is 0.684. The molecule has 0 heterocycles. The molecule has 0 saturated carbocycles. The molecule has 0 atom stereocenters. The predicted octanol–water partition coefficient (Wildman–Crippen LogP) is 3.53. The van der Waals surface area contributed by atoms with Gasteiger partial charge < -0.3 is 10.0 Å². The van der Waals surface area contributed by atoms with Gasteiger partial charge in [0, 0.05) is 30.7 Å². The number of carbonyl (C=O) groups is 1. The van der Waals surface area contributed by atoms with Gasteiger partial charge in [0.15, 0.2) is 0 Å². The molecule has 0 bridgehead atoms. The maximum Gasteiger partial charge on any atom is 0.269 e. The average Bonchev–Trinajstić information content (AvgIpc) is 2.48. The van der Waals surface area contributed by atoms with Crippen molar-refractivity contribution in [1.82, 2.24) is 4.90 Å². The summed E-state index contributed by atoms with van der Waals surface area (Å²) in [5.41, 5.74) is 1.37. The van der Waals surface area contributed by atoms with Gasteiger partial charge in [0.25, 0.3) is 11.6 Å². The van der Waals surface area contributed by atoms with Crippen molar-refractivity contribution in [3.63, 3.8) is 0 Å². The first kappa shape index (κ1) is 16.8. The summed E-state index contributed by atoms with van der Waals surface area (Å²) in [6.45, 7) is 1.90. The Balaban J connectivity index is 2.24. The summed E-state index contributed by atoms with van der Waals surface area (Å²) in [4.78, 5) is 24.1. The van der Waals surface area contributed by atoms with Crippen LogP contribution in [0.1, 0.15) is 21.5 Å². The van der Waals surface area contributed by atoms with E-state index in [0.717, 1.165) is 5.56 Å². The van der Waals surface area contributed by atoms with E-state index in [4.69, 9.17) is 11.6 Å². The molecular formula is C16H15ClN2O4. The number of benzene rings is 2. The van der Waals surface area contributed by atoms with Crippen LogP contribution in [-0.4, -0.2) is 27.9 Å². The molecular weight excluding hydrogens is 320 g/mol. The van der Waals surface area contributed by atoms with Crippen molar-refractivity contribution in [3.05, 3.63) is 68.2 Å². The molecule has 0 aliphatic carbocycles. The smallest absolute Gasteiger partial charge is 0.269 e. The van der Waals surface area contributed by atoms with Crippen LogP contribution < -0.4 is 0 Å². The SMILES string of the molecule is Cc1ccc(C(=O)N(C)Cc2cc([N+](=O)[O-])ccc2Cl)c(O)c1. The number of hydrogen-bond acceptors (Lipinski definition) is 4. The van der Waals surface area contributed by atoms with Gasteiger partial charge in [0.2, 0.25) is 0 Å². The molecule has 2 rings (SSSR count). The van der Waals surface area contributed by atoms with Crippen molar-refractivity contribution in [3.8, 4) is 5.75 Å². The molecule has 0 radical (unpaired) electrons. The Labute approximate surface area is 138 Å². The van der Waals surface area contributed by atoms with E-state index in [9.17, 15) is 20.0 Å². The second kappa shape index (κ2) is 6.66. The fraction of sp³-hybridized carbons (Fsp3) is 0.188. The van der Waals surface area contributed by atoms with Crippen molar-refractivity contribution in [2.45, 2.75) is 13.5 Å². The summed E-state index contributed by atoms with van der Waals surface area (Å²) in [7, 11) is 1.54. The minimum absolute atomic E-state index is 0.0899. The fourth-order valence-corrected chi connectivity index (χ4v) is 2.33. The van der Waals surface area contributed by atoms with Crippen molar-refractivity contribution in [2.24, 2.45) is 0 Å². The van der Waals surface area contributed by atoms with Crippen LogP contribution in [0.3, 0.4) is 0 Å². The highest BCUT2D eigenvalue weighted by Crippen LogP contribution is 2.25. The van der Waals surface area contributed by atoms with Gasteiger partial charge in [-0.1, -0.05) is 17.7 Å². The largest absolute Gasteiger partial charge is 0.507 e. The number of halogens is 1. The van der Waals surface area contributed by atoms with Crippen LogP contribution in [0.2, 0.25) is 5.02 Å². The van der Waals surface area contributed by atoms with E-state index in [1.54, 1.807) is 19.1 Å². The molecule has 23 heavy (non-hydrogen) atoms. The van der Waals surface area contributed by atoms with Crippen molar-refractivity contribution >= 4 is 23.2 Å². The van der Waals surface area contributed by atoms with Crippen LogP contribution in [0.15, 0.2) is 36.4 Å². The number of phenols is 1. The summed E-state index contributed by atoms with van der Waals surface area (Å²) in [6, 6.07) is 8.83. The van der Waals surface area contributed by atoms with Gasteiger partial charge in [-0.3, -0.25) is 14.9 Å². The van der Waals surface area contributed by atoms with Gasteiger partial charge in [-0.15, -0.1) is 0 Å². The summed E-state index contributed by atoms with van der Waals surface area (Å²) >= 11 is 6.04. The van der Waals surface area contributed by atoms with E-state index in [1.165, 1.54) is 36.2 Å². The number of rotatable bonds is 4. The number of amides is 1. The fourth-order valence-electron chi connectivity index (χ4n) is 2.15. The Morgan fingerprint density at radius 1 is 1.30 bits per heavy atom. The highest BCUT2D eigenvalue weighted by molar-refractivity contribution is 6.31. The third-order valence-electron chi connectivity index (χ3n) is 3.38. The van der Waals surface area contributed by atoms with Gasteiger partial charge in [0.1, 0.15) is 5.75 Å². The number of non-ortho nitro benzene ring substituents is 1. The van der Waals surface area contributed by atoms with E-state index in [1.807, 2.05) is 0 Å². The molecule has 0 saturated heterocycles. The Bertz CT molecular complexity index is 777. The van der Waals surface area contributed by atoms with E-state index >= 15 is 0 Å². The molecule has 2 aromatic rings. The van der Waals surface area contributed by atoms with Crippen molar-refractivity contribution in [1.29, 1.82) is 0 Å². The van der Waals surface area contributed by atoms with E-state index in [-0.39, 0.29) is 23.5 Å². The van der Waals surface area contributed by atoms with Gasteiger partial charge in [-0.25, -0.2) is 0 Å². The maximum absolute atomic E-state index is 12.4. The van der Waals surface area contributed by atoms with Crippen LogP contribution >= 0.6 is 11.6 Å². The second-order valence-electron chi connectivity index (χ2n) is 5.21. The predicted molar refractivity (Wildman–Crippen MR) is 86.7 cm³/mol. The van der Waals surface area contributed by atoms with Crippen molar-refractivity contribution < 1.29 is 14.8 Å². The number of aromatic hydroxyl groups is 1. The molecule has 120 valence electrons. The minimum Gasteiger partial charge on any atom is -0.507 e. The van der Waals surface area contributed by atoms with Gasteiger partial charge in [0.05, 0.1) is 10.5 Å². The third kappa shape index (κ3) is 3.78. The van der Waals surface area contributed by atoms with Gasteiger partial charge in [-0.05, 0) is 36.2 Å². The topological polar surface area (TPSA) is 83.7 Å². The Morgan fingerprint density at radius 3 is 2.61 bits per heavy atom. The lowest BCUT2D eigenvalue weighted by Gasteiger charge is -2.18. The number of carbonyl (C=O) groups excluding carboxylic acids is 1. The van der Waals surface area contributed by atoms with Gasteiger partial charge >= 0.3 is 0 Å². The van der Waals surface area contributed by atoms with Crippen LogP contribution in [0.5, 0.6) is 5.75 Å². The molecule has 0 aliphatic rings. The van der Waals surface area contributed by atoms with Gasteiger partial charge in [-0.2, -0.15) is 0 Å². The molecule has 1 N–H and O–H groups in total. The lowest BCUT2D eigenvalue weighted by Crippen LogP contribution is -2.26. The highest BCUT2D eigenvalue weighted by atomic mass is 35.5. The number of phenolic OH excluding ortho intramolecular Hbond substituents is 1. The summed E-state index contributed by atoms with van der Waals surface area (Å²) in [6.07, 6.45) is 0. The molecule has 1 amide bonds. The van der Waals surface area contributed by atoms with E-state index < -0.39 is 10.8 Å². The average molecular weight is 335 g/mol. The van der Waals surface area contributed by atoms with E-state index in [0.29, 0.717) is 10.6 Å². The zero-order chi connectivity index (χ0) is 17.1. The normalized spacial score (nSPS) is 10.4. The molecule has 7 heteroatoms. The Kier molecular flexibility index (Phi) is 4.86. The zero-order valence-corrected chi connectivity index (χ0v) is 13.4. The van der Waals surface area contributed by atoms with Crippen LogP contribution in [-0.2, 0) is 6.54 Å². The molecule has 0 aromatic heterocycles. The Hall–Kier alpha value is -2.60. The summed E-state index contributed by atoms with van der Waals surface area (Å²) in [5, 5.41) is 21.1. The number of aryl methyl sites for hydroxylation is 1. The lowest BCUT2D eigenvalue weighted by molar-refractivity contribution is -0.384. The number of nitrogens with zero attached hydrogens (tertiary/aromatic N) is 2. The number of nitro benzene ring substituents is 1. The zero-order valence-electron chi connectivity index (χ0n) is 12.6. The molecule has 2 aromatic carbocycles. The lowest BCUT2D eigenvalue weighted by atomic mass is 10.1. The molecule has 0 fully saturated rings. The molecule has 6 nitrogen and oxygen atoms in total. The van der Waals surface area contributed by atoms with Crippen molar-refractivity contribution in [2.75, 3.05) is 7.05 Å². The highest BCUT2D eigenvalue weighted by Gasteiger charge is 2.18. The first-order chi connectivity index (χ1) is 10.8. The monoisotopic (exact) mass is 334 g/mol. The summed E-state index contributed by atoms with van der Waals surface area (Å²) < 4.78 is 0. The number of nitro groups is 1. The minimum atomic E-state index is -0.520.